The van der Waals surface area contributed by atoms with Gasteiger partial charge in [0.1, 0.15) is 57.5 Å². The van der Waals surface area contributed by atoms with E-state index in [-0.39, 0.29) is 10.8 Å². The van der Waals surface area contributed by atoms with E-state index in [9.17, 15) is 0 Å². The molecule has 5 nitrogen and oxygen atoms in total. The van der Waals surface area contributed by atoms with Crippen molar-refractivity contribution in [2.45, 2.75) is 108 Å². The van der Waals surface area contributed by atoms with Gasteiger partial charge in [-0.15, -0.1) is 0 Å². The highest BCUT2D eigenvalue weighted by Crippen LogP contribution is 2.56. The monoisotopic (exact) mass is 1450 g/mol. The minimum absolute atomic E-state index is 0.134. The molecule has 0 bridgehead atoms. The Kier molecular flexibility index (Phi) is 25.3. The summed E-state index contributed by atoms with van der Waals surface area (Å²) < 4.78 is 29.2. The predicted octanol–water partition coefficient (Wildman–Crippen LogP) is 29.5. The first kappa shape index (κ1) is 77.9. The molecule has 0 radical (unpaired) electrons. The largest absolute Gasteiger partial charge is 0.457 e. The zero-order chi connectivity index (χ0) is 78.0. The number of hydrogen-bond acceptors (Lipinski definition) is 5. The number of fused-ring (bicyclic) bond motifs is 3. The Morgan fingerprint density at radius 2 is 0.378 bits per heavy atom. The lowest BCUT2D eigenvalue weighted by Gasteiger charge is -2.34. The molecule has 111 heavy (non-hydrogen) atoms. The van der Waals surface area contributed by atoms with E-state index in [1.165, 1.54) is 122 Å². The standard InChI is InChI=1S/C29H28O2.C27H22.C20H18O2.C16H18.C14H14O/c1-21-5-13-25(14-6-21)30-27-17-9-23(10-18-27)29(3,4)24-11-19-28(20-12-24)31-26-15-7-22(2)8-16-26;1-19-11-15-21(16-12-19)27(22-17-13-20(2)14-18-22)25-9-5-3-7-23(25)24-8-4-6-10-26(24)27;1-15-3-7-17(8-4-15)21-19-11-13-20(14-12-19)22-18-9-5-16(2)6-10-18;1-11-5-7-15(13(3)9-11)16-8-6-12(2)10-14(16)4;1-11-3-7-13(8-4-11)15-14-9-5-12(2)6-10-14/h5-20H,1-4H3;3-18H,1-2H3;3-14H,1-2H3;5-10H,1-4H3;3-10H,1-2H3. The molecule has 0 amide bonds. The van der Waals surface area contributed by atoms with E-state index < -0.39 is 0 Å². The summed E-state index contributed by atoms with van der Waals surface area (Å²) >= 11 is 0. The van der Waals surface area contributed by atoms with E-state index in [1.807, 2.05) is 170 Å². The fraction of sp³-hybridized carbons (Fsp3) is 0.151. The molecule has 16 rings (SSSR count). The fourth-order valence-electron chi connectivity index (χ4n) is 13.8. The summed E-state index contributed by atoms with van der Waals surface area (Å²) in [6.45, 7) is 29.8. The van der Waals surface area contributed by atoms with Crippen molar-refractivity contribution in [2.24, 2.45) is 0 Å². The number of hydrogen-bond donors (Lipinski definition) is 0. The maximum absolute atomic E-state index is 5.97. The first-order chi connectivity index (χ1) is 53.6. The molecule has 1 aliphatic carbocycles. The SMILES string of the molecule is Cc1ccc(-c2ccc(C)cc2C)c(C)c1.Cc1ccc(C2(c3ccc(C)cc3)c3ccccc3-c3ccccc32)cc1.Cc1ccc(Oc2ccc(C(C)(C)c3ccc(Oc4ccc(C)cc4)cc3)cc2)cc1.Cc1ccc(Oc2ccc(C)cc2)cc1.Cc1ccc(Oc2ccc(Oc3ccc(C)cc3)cc2)cc1. The number of benzene rings is 15. The summed E-state index contributed by atoms with van der Waals surface area (Å²) in [5.41, 5.74) is 28.1. The lowest BCUT2D eigenvalue weighted by atomic mass is 9.67. The molecule has 0 heterocycles. The maximum atomic E-state index is 5.97. The highest BCUT2D eigenvalue weighted by Gasteiger charge is 2.45. The van der Waals surface area contributed by atoms with Gasteiger partial charge in [-0.2, -0.15) is 0 Å². The molecule has 15 aromatic rings. The van der Waals surface area contributed by atoms with E-state index in [1.54, 1.807) is 0 Å². The Hall–Kier alpha value is -12.7. The molecule has 0 unspecified atom stereocenters. The van der Waals surface area contributed by atoms with Gasteiger partial charge in [0.2, 0.25) is 0 Å². The average molecular weight is 1450 g/mol. The number of aryl methyl sites for hydroxylation is 12. The Labute approximate surface area is 659 Å². The molecule has 0 aromatic heterocycles. The van der Waals surface area contributed by atoms with Crippen LogP contribution >= 0.6 is 0 Å². The maximum Gasteiger partial charge on any atom is 0.127 e. The van der Waals surface area contributed by atoms with Crippen LogP contribution in [0.25, 0.3) is 22.3 Å². The Balaban J connectivity index is 0.000000132. The van der Waals surface area contributed by atoms with Crippen LogP contribution in [0.5, 0.6) is 57.5 Å². The Bertz CT molecular complexity index is 5140. The molecular formula is C106H100O5. The minimum Gasteiger partial charge on any atom is -0.457 e. The van der Waals surface area contributed by atoms with Crippen molar-refractivity contribution in [3.63, 3.8) is 0 Å². The molecule has 1 aliphatic rings. The van der Waals surface area contributed by atoms with Crippen LogP contribution < -0.4 is 23.7 Å². The summed E-state index contributed by atoms with van der Waals surface area (Å²) in [6, 6.07) is 122. The van der Waals surface area contributed by atoms with Crippen molar-refractivity contribution in [2.75, 3.05) is 0 Å². The third-order valence-corrected chi connectivity index (χ3v) is 20.3. The van der Waals surface area contributed by atoms with Crippen LogP contribution in [0, 0.1) is 83.1 Å². The lowest BCUT2D eigenvalue weighted by molar-refractivity contribution is 0.469. The summed E-state index contributed by atoms with van der Waals surface area (Å²) in [5.74, 6) is 8.38. The second-order valence-electron chi connectivity index (χ2n) is 29.7. The molecule has 0 saturated carbocycles. The van der Waals surface area contributed by atoms with Gasteiger partial charge < -0.3 is 23.7 Å². The average Bonchev–Trinajstić information content (AvgIpc) is 1.55. The zero-order valence-corrected chi connectivity index (χ0v) is 66.5. The van der Waals surface area contributed by atoms with E-state index in [0.29, 0.717) is 0 Å². The van der Waals surface area contributed by atoms with E-state index in [0.717, 1.165) is 57.5 Å². The van der Waals surface area contributed by atoms with Crippen LogP contribution in [0.3, 0.4) is 0 Å². The van der Waals surface area contributed by atoms with Crippen LogP contribution in [0.15, 0.2) is 352 Å². The Morgan fingerprint density at radius 1 is 0.189 bits per heavy atom. The van der Waals surface area contributed by atoms with Gasteiger partial charge in [-0.25, -0.2) is 0 Å². The third kappa shape index (κ3) is 20.2. The van der Waals surface area contributed by atoms with Crippen LogP contribution in [-0.2, 0) is 10.8 Å². The van der Waals surface area contributed by atoms with E-state index >= 15 is 0 Å². The van der Waals surface area contributed by atoms with Crippen LogP contribution in [0.4, 0.5) is 0 Å². The molecule has 15 aromatic carbocycles. The summed E-state index contributed by atoms with van der Waals surface area (Å²) in [4.78, 5) is 0. The molecule has 0 aliphatic heterocycles. The van der Waals surface area contributed by atoms with Gasteiger partial charge in [0, 0.05) is 5.41 Å². The molecule has 0 saturated heterocycles. The van der Waals surface area contributed by atoms with Gasteiger partial charge in [0.05, 0.1) is 5.41 Å². The third-order valence-electron chi connectivity index (χ3n) is 20.3. The van der Waals surface area contributed by atoms with Gasteiger partial charge in [-0.3, -0.25) is 0 Å². The van der Waals surface area contributed by atoms with Gasteiger partial charge >= 0.3 is 0 Å². The van der Waals surface area contributed by atoms with Crippen molar-refractivity contribution >= 4 is 0 Å². The highest BCUT2D eigenvalue weighted by molar-refractivity contribution is 5.86. The topological polar surface area (TPSA) is 46.2 Å². The van der Waals surface area contributed by atoms with Crippen LogP contribution in [0.1, 0.15) is 114 Å². The summed E-state index contributed by atoms with van der Waals surface area (Å²) in [5, 5.41) is 0. The second kappa shape index (κ2) is 36.0. The highest BCUT2D eigenvalue weighted by atomic mass is 16.5. The summed E-state index contributed by atoms with van der Waals surface area (Å²) in [6.07, 6.45) is 0. The zero-order valence-electron chi connectivity index (χ0n) is 66.5. The van der Waals surface area contributed by atoms with E-state index in [2.05, 4.69) is 279 Å². The minimum atomic E-state index is -0.269. The molecule has 0 atom stereocenters. The fourth-order valence-corrected chi connectivity index (χ4v) is 13.8. The van der Waals surface area contributed by atoms with Crippen molar-refractivity contribution in [1.29, 1.82) is 0 Å². The van der Waals surface area contributed by atoms with Gasteiger partial charge in [-0.1, -0.05) is 300 Å². The van der Waals surface area contributed by atoms with Crippen LogP contribution in [0.2, 0.25) is 0 Å². The molecule has 0 fully saturated rings. The summed E-state index contributed by atoms with van der Waals surface area (Å²) in [7, 11) is 0. The molecule has 0 spiro atoms. The van der Waals surface area contributed by atoms with Crippen LogP contribution in [-0.4, -0.2) is 0 Å². The first-order valence-electron chi connectivity index (χ1n) is 38.2. The molecule has 554 valence electrons. The van der Waals surface area contributed by atoms with E-state index in [4.69, 9.17) is 23.7 Å². The number of ether oxygens (including phenoxy) is 5. The Morgan fingerprint density at radius 3 is 0.604 bits per heavy atom. The molecule has 5 heteroatoms. The quantitative estimate of drug-likeness (QED) is 0.102. The smallest absolute Gasteiger partial charge is 0.127 e. The number of rotatable bonds is 15. The normalized spacial score (nSPS) is 11.4. The lowest BCUT2D eigenvalue weighted by Crippen LogP contribution is -2.28. The van der Waals surface area contributed by atoms with Gasteiger partial charge in [0.15, 0.2) is 0 Å². The molecular weight excluding hydrogens is 1350 g/mol. The van der Waals surface area contributed by atoms with Crippen molar-refractivity contribution in [3.8, 4) is 79.7 Å². The van der Waals surface area contributed by atoms with Gasteiger partial charge in [-0.05, 0) is 271 Å². The van der Waals surface area contributed by atoms with Crippen molar-refractivity contribution in [3.05, 3.63) is 452 Å². The van der Waals surface area contributed by atoms with Gasteiger partial charge in [0.25, 0.3) is 0 Å². The predicted molar refractivity (Wildman–Crippen MR) is 463 cm³/mol. The molecule has 0 N–H and O–H groups in total. The van der Waals surface area contributed by atoms with Crippen molar-refractivity contribution in [1.82, 2.24) is 0 Å². The van der Waals surface area contributed by atoms with Crippen molar-refractivity contribution < 1.29 is 23.7 Å². The second-order valence-corrected chi connectivity index (χ2v) is 29.7. The first-order valence-corrected chi connectivity index (χ1v) is 38.2.